The van der Waals surface area contributed by atoms with E-state index in [1.54, 1.807) is 7.11 Å². The zero-order valence-corrected chi connectivity index (χ0v) is 15.5. The molecule has 0 heterocycles. The van der Waals surface area contributed by atoms with E-state index in [4.69, 9.17) is 9.47 Å². The molecular weight excluding hydrogens is 318 g/mol. The molecule has 0 spiro atoms. The lowest BCUT2D eigenvalue weighted by Gasteiger charge is -2.21. The molecule has 1 fully saturated rings. The number of nitrogens with one attached hydrogen (secondary N) is 2. The van der Waals surface area contributed by atoms with Crippen LogP contribution in [0.15, 0.2) is 29.3 Å². The minimum atomic E-state index is -0.634. The third-order valence-electron chi connectivity index (χ3n) is 4.35. The Morgan fingerprint density at radius 3 is 2.68 bits per heavy atom. The molecule has 25 heavy (non-hydrogen) atoms. The van der Waals surface area contributed by atoms with Gasteiger partial charge in [-0.25, -0.2) is 0 Å². The van der Waals surface area contributed by atoms with Crippen molar-refractivity contribution < 1.29 is 14.6 Å². The molecule has 1 aliphatic rings. The third-order valence-corrected chi connectivity index (χ3v) is 4.35. The van der Waals surface area contributed by atoms with Gasteiger partial charge >= 0.3 is 0 Å². The molecule has 0 amide bonds. The van der Waals surface area contributed by atoms with Gasteiger partial charge in [-0.3, -0.25) is 4.99 Å². The first-order chi connectivity index (χ1) is 12.0. The summed E-state index contributed by atoms with van der Waals surface area (Å²) in [4.78, 5) is 4.54. The molecule has 1 saturated carbocycles. The topological polar surface area (TPSA) is 75.1 Å². The second-order valence-electron chi connectivity index (χ2n) is 6.61. The number of hydrogen-bond acceptors (Lipinski definition) is 4. The van der Waals surface area contributed by atoms with Crippen molar-refractivity contribution in [3.8, 4) is 11.5 Å². The average molecular weight is 349 g/mol. The molecule has 0 bridgehead atoms. The van der Waals surface area contributed by atoms with Crippen LogP contribution in [0.4, 0.5) is 0 Å². The highest BCUT2D eigenvalue weighted by molar-refractivity contribution is 5.79. The van der Waals surface area contributed by atoms with Gasteiger partial charge in [-0.15, -0.1) is 0 Å². The summed E-state index contributed by atoms with van der Waals surface area (Å²) in [5, 5.41) is 16.9. The Hall–Kier alpha value is -1.95. The van der Waals surface area contributed by atoms with Crippen LogP contribution in [0, 0.1) is 0 Å². The fourth-order valence-corrected chi connectivity index (χ4v) is 2.95. The van der Waals surface area contributed by atoms with Crippen molar-refractivity contribution in [2.45, 2.75) is 51.2 Å². The van der Waals surface area contributed by atoms with Crippen molar-refractivity contribution in [3.63, 3.8) is 0 Å². The van der Waals surface area contributed by atoms with Crippen LogP contribution in [0.1, 0.15) is 39.5 Å². The molecule has 6 heteroatoms. The van der Waals surface area contributed by atoms with E-state index in [1.165, 1.54) is 0 Å². The predicted molar refractivity (Wildman–Crippen MR) is 100 cm³/mol. The van der Waals surface area contributed by atoms with Crippen LogP contribution in [-0.2, 0) is 0 Å². The number of ether oxygens (including phenoxy) is 2. The number of guanidine groups is 1. The standard InChI is InChI=1S/C19H31N3O3/c1-4-20-18(22-14-19(23)10-5-6-11-19)21-13-15(2)25-17-9-7-8-16(12-17)24-3/h7-9,12,15,23H,4-6,10-11,13-14H2,1-3H3,(H2,20,21,22). The first-order valence-electron chi connectivity index (χ1n) is 9.10. The van der Waals surface area contributed by atoms with E-state index < -0.39 is 5.60 Å². The van der Waals surface area contributed by atoms with Gasteiger partial charge < -0.3 is 25.2 Å². The molecule has 1 aromatic carbocycles. The van der Waals surface area contributed by atoms with E-state index in [9.17, 15) is 5.11 Å². The first-order valence-corrected chi connectivity index (χ1v) is 9.10. The van der Waals surface area contributed by atoms with Gasteiger partial charge in [0, 0.05) is 12.6 Å². The number of methoxy groups -OCH3 is 1. The van der Waals surface area contributed by atoms with Crippen LogP contribution in [0.2, 0.25) is 0 Å². The normalized spacial score (nSPS) is 17.8. The number of hydrogen-bond donors (Lipinski definition) is 3. The first kappa shape index (κ1) is 19.4. The van der Waals surface area contributed by atoms with E-state index in [-0.39, 0.29) is 6.10 Å². The molecule has 1 aliphatic carbocycles. The summed E-state index contributed by atoms with van der Waals surface area (Å²) in [7, 11) is 1.64. The second kappa shape index (κ2) is 9.51. The highest BCUT2D eigenvalue weighted by atomic mass is 16.5. The summed E-state index contributed by atoms with van der Waals surface area (Å²) >= 11 is 0. The smallest absolute Gasteiger partial charge is 0.191 e. The molecule has 140 valence electrons. The minimum absolute atomic E-state index is 0.0365. The SMILES string of the molecule is CCNC(=NCC1(O)CCCC1)NCC(C)Oc1cccc(OC)c1. The molecule has 0 aliphatic heterocycles. The summed E-state index contributed by atoms with van der Waals surface area (Å²) in [6.07, 6.45) is 3.81. The third kappa shape index (κ3) is 6.46. The number of rotatable bonds is 8. The van der Waals surface area contributed by atoms with E-state index in [1.807, 2.05) is 38.1 Å². The molecule has 3 N–H and O–H groups in total. The molecule has 6 nitrogen and oxygen atoms in total. The van der Waals surface area contributed by atoms with E-state index >= 15 is 0 Å². The van der Waals surface area contributed by atoms with Gasteiger partial charge in [0.2, 0.25) is 0 Å². The molecule has 1 unspecified atom stereocenters. The monoisotopic (exact) mass is 349 g/mol. The van der Waals surface area contributed by atoms with Gasteiger partial charge in [0.15, 0.2) is 5.96 Å². The molecule has 1 atom stereocenters. The maximum atomic E-state index is 10.4. The van der Waals surface area contributed by atoms with Crippen LogP contribution >= 0.6 is 0 Å². The van der Waals surface area contributed by atoms with Crippen molar-refractivity contribution in [1.29, 1.82) is 0 Å². The maximum absolute atomic E-state index is 10.4. The molecule has 0 saturated heterocycles. The van der Waals surface area contributed by atoms with E-state index in [0.29, 0.717) is 19.0 Å². The zero-order chi connectivity index (χ0) is 18.1. The Kier molecular flexibility index (Phi) is 7.37. The summed E-state index contributed by atoms with van der Waals surface area (Å²) in [5.41, 5.74) is -0.634. The van der Waals surface area contributed by atoms with Crippen molar-refractivity contribution >= 4 is 5.96 Å². The van der Waals surface area contributed by atoms with Crippen molar-refractivity contribution in [1.82, 2.24) is 10.6 Å². The summed E-state index contributed by atoms with van der Waals surface area (Å²) in [6.45, 7) is 5.85. The molecule has 0 radical (unpaired) electrons. The summed E-state index contributed by atoms with van der Waals surface area (Å²) in [5.74, 6) is 2.26. The predicted octanol–water partition coefficient (Wildman–Crippen LogP) is 2.32. The van der Waals surface area contributed by atoms with Crippen LogP contribution in [0.3, 0.4) is 0 Å². The quantitative estimate of drug-likeness (QED) is 0.496. The number of benzene rings is 1. The van der Waals surface area contributed by atoms with Gasteiger partial charge in [0.05, 0.1) is 25.8 Å². The Morgan fingerprint density at radius 1 is 1.28 bits per heavy atom. The van der Waals surface area contributed by atoms with Gasteiger partial charge in [-0.1, -0.05) is 18.9 Å². The fourth-order valence-electron chi connectivity index (χ4n) is 2.95. The van der Waals surface area contributed by atoms with Crippen molar-refractivity contribution in [3.05, 3.63) is 24.3 Å². The van der Waals surface area contributed by atoms with Crippen LogP contribution in [-0.4, -0.2) is 49.5 Å². The van der Waals surface area contributed by atoms with Crippen LogP contribution in [0.25, 0.3) is 0 Å². The lowest BCUT2D eigenvalue weighted by Crippen LogP contribution is -2.43. The highest BCUT2D eigenvalue weighted by Crippen LogP contribution is 2.29. The van der Waals surface area contributed by atoms with E-state index in [2.05, 4.69) is 15.6 Å². The minimum Gasteiger partial charge on any atom is -0.497 e. The second-order valence-corrected chi connectivity index (χ2v) is 6.61. The Balaban J connectivity index is 1.84. The number of aliphatic hydroxyl groups is 1. The fraction of sp³-hybridized carbons (Fsp3) is 0.632. The maximum Gasteiger partial charge on any atom is 0.191 e. The lowest BCUT2D eigenvalue weighted by atomic mass is 10.0. The molecule has 0 aromatic heterocycles. The summed E-state index contributed by atoms with van der Waals surface area (Å²) in [6, 6.07) is 7.57. The Bertz CT molecular complexity index is 557. The average Bonchev–Trinajstić information content (AvgIpc) is 3.04. The van der Waals surface area contributed by atoms with Crippen molar-refractivity contribution in [2.75, 3.05) is 26.7 Å². The number of aliphatic imine (C=N–C) groups is 1. The molecular formula is C19H31N3O3. The van der Waals surface area contributed by atoms with E-state index in [0.717, 1.165) is 43.7 Å². The molecule has 1 aromatic rings. The van der Waals surface area contributed by atoms with Crippen LogP contribution < -0.4 is 20.1 Å². The lowest BCUT2D eigenvalue weighted by molar-refractivity contribution is 0.0574. The van der Waals surface area contributed by atoms with Crippen LogP contribution in [0.5, 0.6) is 11.5 Å². The largest absolute Gasteiger partial charge is 0.497 e. The summed E-state index contributed by atoms with van der Waals surface area (Å²) < 4.78 is 11.1. The Labute approximate surface area is 150 Å². The van der Waals surface area contributed by atoms with Gasteiger partial charge in [-0.2, -0.15) is 0 Å². The highest BCUT2D eigenvalue weighted by Gasteiger charge is 2.30. The van der Waals surface area contributed by atoms with Gasteiger partial charge in [0.25, 0.3) is 0 Å². The van der Waals surface area contributed by atoms with Gasteiger partial charge in [0.1, 0.15) is 17.6 Å². The van der Waals surface area contributed by atoms with Gasteiger partial charge in [-0.05, 0) is 38.8 Å². The number of nitrogens with zero attached hydrogens (tertiary/aromatic N) is 1. The zero-order valence-electron chi connectivity index (χ0n) is 15.5. The molecule has 2 rings (SSSR count). The Morgan fingerprint density at radius 2 is 2.00 bits per heavy atom. The van der Waals surface area contributed by atoms with Crippen molar-refractivity contribution in [2.24, 2.45) is 4.99 Å².